The highest BCUT2D eigenvalue weighted by atomic mass is 16.5. The highest BCUT2D eigenvalue weighted by Crippen LogP contribution is 2.14. The molecule has 0 bridgehead atoms. The molecule has 0 aliphatic rings. The van der Waals surface area contributed by atoms with Crippen molar-refractivity contribution >= 4 is 11.9 Å². The van der Waals surface area contributed by atoms with Gasteiger partial charge in [-0.15, -0.1) is 0 Å². The van der Waals surface area contributed by atoms with E-state index < -0.39 is 11.9 Å². The molecular weight excluding hydrogens is 308 g/mol. The molecule has 2 rings (SSSR count). The van der Waals surface area contributed by atoms with Crippen LogP contribution < -0.4 is 0 Å². The van der Waals surface area contributed by atoms with Crippen LogP contribution in [0.5, 0.6) is 0 Å². The third-order valence-electron chi connectivity index (χ3n) is 3.38. The Morgan fingerprint density at radius 3 is 1.92 bits per heavy atom. The summed E-state index contributed by atoms with van der Waals surface area (Å²) in [4.78, 5) is 29.5. The zero-order valence-corrected chi connectivity index (χ0v) is 14.0. The monoisotopic (exact) mass is 330 g/mol. The molecule has 0 saturated heterocycles. The molecule has 2 aromatic rings. The van der Waals surface area contributed by atoms with E-state index in [0.717, 1.165) is 11.1 Å². The molecule has 128 valence electrons. The first-order chi connectivity index (χ1) is 11.5. The fraction of sp³-hybridized carbons (Fsp3) is 0.333. The number of carboxylic acid groups (broad SMARTS) is 1. The van der Waals surface area contributed by atoms with Gasteiger partial charge in [-0.1, -0.05) is 12.1 Å². The molecule has 2 atom stereocenters. The Labute approximate surface area is 141 Å². The summed E-state index contributed by atoms with van der Waals surface area (Å²) >= 11 is 0. The molecule has 6 nitrogen and oxygen atoms in total. The molecule has 0 saturated carbocycles. The number of nitrogens with zero attached hydrogens (tertiary/aromatic N) is 2. The van der Waals surface area contributed by atoms with Gasteiger partial charge in [0.2, 0.25) is 0 Å². The number of aromatic nitrogens is 2. The van der Waals surface area contributed by atoms with Crippen LogP contribution >= 0.6 is 0 Å². The van der Waals surface area contributed by atoms with Crippen LogP contribution in [0.2, 0.25) is 0 Å². The average Bonchev–Trinajstić information content (AvgIpc) is 2.62. The van der Waals surface area contributed by atoms with E-state index in [9.17, 15) is 9.59 Å². The molecule has 2 unspecified atom stereocenters. The molecule has 0 spiro atoms. The molecule has 1 N–H and O–H groups in total. The summed E-state index contributed by atoms with van der Waals surface area (Å²) in [6.45, 7) is 5.67. The number of ether oxygens (including phenoxy) is 1. The van der Waals surface area contributed by atoms with E-state index in [4.69, 9.17) is 9.84 Å². The van der Waals surface area contributed by atoms with Crippen molar-refractivity contribution in [2.75, 3.05) is 6.61 Å². The van der Waals surface area contributed by atoms with Gasteiger partial charge in [-0.25, -0.2) is 0 Å². The number of hydrogen-bond acceptors (Lipinski definition) is 5. The number of carboxylic acids is 1. The Hall–Kier alpha value is -2.76. The number of carbonyl (C=O) groups is 2. The van der Waals surface area contributed by atoms with Gasteiger partial charge < -0.3 is 9.84 Å². The largest absolute Gasteiger partial charge is 0.481 e. The number of rotatable bonds is 5. The molecular formula is C18H22N2O4. The molecule has 0 aliphatic heterocycles. The first kappa shape index (κ1) is 19.3. The minimum Gasteiger partial charge on any atom is -0.481 e. The second-order valence-electron chi connectivity index (χ2n) is 5.11. The number of esters is 1. The SMILES string of the molecule is CC(C(=O)O)c1cccnc1.CCOC(=O)C(C)c1cccnc1. The minimum absolute atomic E-state index is 0.199. The standard InChI is InChI=1S/C10H13NO2.C8H9NO2/c1-3-13-10(12)8(2)9-5-4-6-11-7-9;1-6(8(10)11)7-3-2-4-9-5-7/h4-8H,3H2,1-2H3;2-6H,1H3,(H,10,11). The fourth-order valence-electron chi connectivity index (χ4n) is 1.81. The van der Waals surface area contributed by atoms with Crippen molar-refractivity contribution in [3.63, 3.8) is 0 Å². The van der Waals surface area contributed by atoms with Crippen molar-refractivity contribution in [3.05, 3.63) is 60.2 Å². The number of pyridine rings is 2. The number of aliphatic carboxylic acids is 1. The Morgan fingerprint density at radius 2 is 1.54 bits per heavy atom. The lowest BCUT2D eigenvalue weighted by atomic mass is 10.0. The molecule has 0 amide bonds. The van der Waals surface area contributed by atoms with Crippen LogP contribution in [0.4, 0.5) is 0 Å². The predicted octanol–water partition coefficient (Wildman–Crippen LogP) is 3.02. The topological polar surface area (TPSA) is 89.4 Å². The van der Waals surface area contributed by atoms with Crippen molar-refractivity contribution in [2.45, 2.75) is 32.6 Å². The van der Waals surface area contributed by atoms with Crippen molar-refractivity contribution in [1.82, 2.24) is 9.97 Å². The maximum Gasteiger partial charge on any atom is 0.313 e. The summed E-state index contributed by atoms with van der Waals surface area (Å²) in [7, 11) is 0. The highest BCUT2D eigenvalue weighted by Gasteiger charge is 2.15. The summed E-state index contributed by atoms with van der Waals surface area (Å²) in [6.07, 6.45) is 6.56. The lowest BCUT2D eigenvalue weighted by Gasteiger charge is -2.09. The Bertz CT molecular complexity index is 632. The Kier molecular flexibility index (Phi) is 8.11. The third-order valence-corrected chi connectivity index (χ3v) is 3.38. The average molecular weight is 330 g/mol. The molecule has 0 aliphatic carbocycles. The van der Waals surface area contributed by atoms with E-state index in [2.05, 4.69) is 9.97 Å². The third kappa shape index (κ3) is 6.16. The molecule has 0 fully saturated rings. The first-order valence-electron chi connectivity index (χ1n) is 7.66. The molecule has 6 heteroatoms. The van der Waals surface area contributed by atoms with Crippen LogP contribution in [0.15, 0.2) is 49.1 Å². The maximum absolute atomic E-state index is 11.3. The van der Waals surface area contributed by atoms with E-state index in [0.29, 0.717) is 6.61 Å². The van der Waals surface area contributed by atoms with Crippen LogP contribution in [-0.2, 0) is 14.3 Å². The van der Waals surface area contributed by atoms with Crippen LogP contribution in [0, 0.1) is 0 Å². The second-order valence-corrected chi connectivity index (χ2v) is 5.11. The quantitative estimate of drug-likeness (QED) is 0.848. The number of carbonyl (C=O) groups excluding carboxylic acids is 1. The summed E-state index contributed by atoms with van der Waals surface area (Å²) in [5.41, 5.74) is 1.63. The van der Waals surface area contributed by atoms with Gasteiger partial charge in [0.25, 0.3) is 0 Å². The van der Waals surface area contributed by atoms with Crippen LogP contribution in [0.25, 0.3) is 0 Å². The van der Waals surface area contributed by atoms with Crippen LogP contribution in [0.3, 0.4) is 0 Å². The molecule has 0 radical (unpaired) electrons. The van der Waals surface area contributed by atoms with E-state index in [1.807, 2.05) is 19.1 Å². The minimum atomic E-state index is -0.821. The van der Waals surface area contributed by atoms with Crippen molar-refractivity contribution in [2.24, 2.45) is 0 Å². The summed E-state index contributed by atoms with van der Waals surface area (Å²) < 4.78 is 4.89. The Balaban J connectivity index is 0.000000243. The zero-order valence-electron chi connectivity index (χ0n) is 14.0. The van der Waals surface area contributed by atoms with E-state index >= 15 is 0 Å². The highest BCUT2D eigenvalue weighted by molar-refractivity contribution is 5.77. The zero-order chi connectivity index (χ0) is 17.9. The summed E-state index contributed by atoms with van der Waals surface area (Å²) in [5.74, 6) is -1.72. The van der Waals surface area contributed by atoms with E-state index in [1.54, 1.807) is 50.8 Å². The lowest BCUT2D eigenvalue weighted by molar-refractivity contribution is -0.144. The predicted molar refractivity (Wildman–Crippen MR) is 89.6 cm³/mol. The fourth-order valence-corrected chi connectivity index (χ4v) is 1.81. The summed E-state index contributed by atoms with van der Waals surface area (Å²) in [6, 6.07) is 7.17. The second kappa shape index (κ2) is 10.1. The molecule has 2 aromatic heterocycles. The van der Waals surface area contributed by atoms with Gasteiger partial charge in [0.15, 0.2) is 0 Å². The Morgan fingerprint density at radius 1 is 1.04 bits per heavy atom. The normalized spacial score (nSPS) is 12.3. The smallest absolute Gasteiger partial charge is 0.313 e. The van der Waals surface area contributed by atoms with Crippen molar-refractivity contribution in [3.8, 4) is 0 Å². The van der Waals surface area contributed by atoms with Gasteiger partial charge >= 0.3 is 11.9 Å². The van der Waals surface area contributed by atoms with Gasteiger partial charge in [0.1, 0.15) is 0 Å². The molecule has 2 heterocycles. The van der Waals surface area contributed by atoms with Gasteiger partial charge in [0.05, 0.1) is 18.4 Å². The van der Waals surface area contributed by atoms with Gasteiger partial charge in [-0.05, 0) is 44.0 Å². The summed E-state index contributed by atoms with van der Waals surface area (Å²) in [5, 5.41) is 8.61. The van der Waals surface area contributed by atoms with Crippen molar-refractivity contribution < 1.29 is 19.4 Å². The molecule has 0 aromatic carbocycles. The van der Waals surface area contributed by atoms with Gasteiger partial charge in [0, 0.05) is 24.8 Å². The van der Waals surface area contributed by atoms with Crippen LogP contribution in [-0.4, -0.2) is 33.6 Å². The lowest BCUT2D eigenvalue weighted by Crippen LogP contribution is -2.12. The van der Waals surface area contributed by atoms with Gasteiger partial charge in [-0.3, -0.25) is 19.6 Å². The maximum atomic E-state index is 11.3. The molecule has 24 heavy (non-hydrogen) atoms. The van der Waals surface area contributed by atoms with Crippen LogP contribution in [0.1, 0.15) is 43.7 Å². The van der Waals surface area contributed by atoms with Gasteiger partial charge in [-0.2, -0.15) is 0 Å². The van der Waals surface area contributed by atoms with Crippen molar-refractivity contribution in [1.29, 1.82) is 0 Å². The number of hydrogen-bond donors (Lipinski definition) is 1. The first-order valence-corrected chi connectivity index (χ1v) is 7.66. The van der Waals surface area contributed by atoms with E-state index in [1.165, 1.54) is 0 Å². The van der Waals surface area contributed by atoms with E-state index in [-0.39, 0.29) is 11.9 Å².